The Bertz CT molecular complexity index is 503. The Balaban J connectivity index is 2.62. The maximum Gasteiger partial charge on any atom is 0.137 e. The third-order valence-electron chi connectivity index (χ3n) is 2.74. The van der Waals surface area contributed by atoms with Crippen LogP contribution in [0.25, 0.3) is 5.69 Å². The molecule has 4 heteroatoms. The molecule has 0 atom stereocenters. The lowest BCUT2D eigenvalue weighted by atomic mass is 10.2. The molecular formula is C13H17N3O. The van der Waals surface area contributed by atoms with Gasteiger partial charge in [-0.15, -0.1) is 0 Å². The van der Waals surface area contributed by atoms with Crippen LogP contribution in [0.1, 0.15) is 11.3 Å². The van der Waals surface area contributed by atoms with E-state index in [9.17, 15) is 5.11 Å². The normalized spacial score (nSPS) is 10.6. The molecule has 0 aliphatic carbocycles. The maximum absolute atomic E-state index is 9.43. The first-order valence-corrected chi connectivity index (χ1v) is 5.57. The summed E-state index contributed by atoms with van der Waals surface area (Å²) in [6.45, 7) is 1.92. The van der Waals surface area contributed by atoms with Gasteiger partial charge in [-0.1, -0.05) is 18.2 Å². The van der Waals surface area contributed by atoms with Gasteiger partial charge in [0.2, 0.25) is 0 Å². The van der Waals surface area contributed by atoms with Crippen molar-refractivity contribution in [2.45, 2.75) is 13.5 Å². The first-order valence-electron chi connectivity index (χ1n) is 5.57. The Morgan fingerprint density at radius 1 is 1.24 bits per heavy atom. The Morgan fingerprint density at radius 3 is 2.41 bits per heavy atom. The molecule has 2 aromatic rings. The quantitative estimate of drug-likeness (QED) is 0.874. The number of aryl methyl sites for hydroxylation is 1. The highest BCUT2D eigenvalue weighted by molar-refractivity contribution is 5.54. The molecule has 0 spiro atoms. The van der Waals surface area contributed by atoms with Gasteiger partial charge in [0.05, 0.1) is 18.0 Å². The smallest absolute Gasteiger partial charge is 0.137 e. The summed E-state index contributed by atoms with van der Waals surface area (Å²) in [4.78, 5) is 1.97. The second-order valence-corrected chi connectivity index (χ2v) is 4.19. The van der Waals surface area contributed by atoms with E-state index in [1.165, 1.54) is 0 Å². The molecule has 0 saturated carbocycles. The van der Waals surface area contributed by atoms with Gasteiger partial charge in [-0.2, -0.15) is 5.10 Å². The SMILES string of the molecule is Cc1nn(-c2ccccc2)c(N(C)C)c1CO. The third kappa shape index (κ3) is 2.03. The molecule has 0 unspecified atom stereocenters. The van der Waals surface area contributed by atoms with E-state index < -0.39 is 0 Å². The molecule has 1 N–H and O–H groups in total. The molecule has 0 amide bonds. The standard InChI is InChI=1S/C13H17N3O/c1-10-12(9-17)13(15(2)3)16(14-10)11-7-5-4-6-8-11/h4-8,17H,9H2,1-3H3. The summed E-state index contributed by atoms with van der Waals surface area (Å²) >= 11 is 0. The van der Waals surface area contributed by atoms with Crippen molar-refractivity contribution >= 4 is 5.82 Å². The van der Waals surface area contributed by atoms with E-state index in [2.05, 4.69) is 5.10 Å². The lowest BCUT2D eigenvalue weighted by Crippen LogP contribution is -2.15. The number of benzene rings is 1. The Hall–Kier alpha value is -1.81. The number of rotatable bonds is 3. The molecule has 2 rings (SSSR count). The van der Waals surface area contributed by atoms with Crippen molar-refractivity contribution in [3.05, 3.63) is 41.6 Å². The van der Waals surface area contributed by atoms with Crippen LogP contribution in [0.3, 0.4) is 0 Å². The monoisotopic (exact) mass is 231 g/mol. The van der Waals surface area contributed by atoms with E-state index in [0.717, 1.165) is 22.8 Å². The number of anilines is 1. The Labute approximate surface area is 101 Å². The van der Waals surface area contributed by atoms with Crippen molar-refractivity contribution in [3.63, 3.8) is 0 Å². The molecule has 1 aromatic carbocycles. The summed E-state index contributed by atoms with van der Waals surface area (Å²) in [5.41, 5.74) is 2.73. The highest BCUT2D eigenvalue weighted by Crippen LogP contribution is 2.25. The summed E-state index contributed by atoms with van der Waals surface area (Å²) in [6, 6.07) is 9.93. The van der Waals surface area contributed by atoms with Crippen molar-refractivity contribution in [1.29, 1.82) is 0 Å². The third-order valence-corrected chi connectivity index (χ3v) is 2.74. The van der Waals surface area contributed by atoms with Crippen LogP contribution in [0.4, 0.5) is 5.82 Å². The lowest BCUT2D eigenvalue weighted by Gasteiger charge is -2.16. The number of aliphatic hydroxyl groups excluding tert-OH is 1. The summed E-state index contributed by atoms with van der Waals surface area (Å²) in [5, 5.41) is 13.9. The van der Waals surface area contributed by atoms with Gasteiger partial charge in [-0.3, -0.25) is 0 Å². The molecule has 17 heavy (non-hydrogen) atoms. The predicted octanol–water partition coefficient (Wildman–Crippen LogP) is 1.74. The zero-order valence-corrected chi connectivity index (χ0v) is 10.4. The fourth-order valence-electron chi connectivity index (χ4n) is 1.94. The molecule has 0 radical (unpaired) electrons. The van der Waals surface area contributed by atoms with Crippen LogP contribution < -0.4 is 4.90 Å². The molecule has 90 valence electrons. The molecule has 0 bridgehead atoms. The van der Waals surface area contributed by atoms with E-state index in [1.54, 1.807) is 0 Å². The van der Waals surface area contributed by atoms with Gasteiger partial charge in [0.25, 0.3) is 0 Å². The summed E-state index contributed by atoms with van der Waals surface area (Å²) < 4.78 is 1.86. The van der Waals surface area contributed by atoms with Crippen LogP contribution in [-0.4, -0.2) is 29.0 Å². The molecule has 1 aromatic heterocycles. The number of aliphatic hydroxyl groups is 1. The number of para-hydroxylation sites is 1. The molecule has 0 saturated heterocycles. The average molecular weight is 231 g/mol. The molecule has 0 aliphatic rings. The van der Waals surface area contributed by atoms with Crippen LogP contribution in [0.2, 0.25) is 0 Å². The Kier molecular flexibility index (Phi) is 3.15. The van der Waals surface area contributed by atoms with Gasteiger partial charge in [0.15, 0.2) is 0 Å². The number of aromatic nitrogens is 2. The van der Waals surface area contributed by atoms with Crippen LogP contribution in [0, 0.1) is 6.92 Å². The second-order valence-electron chi connectivity index (χ2n) is 4.19. The van der Waals surface area contributed by atoms with E-state index >= 15 is 0 Å². The number of nitrogens with zero attached hydrogens (tertiary/aromatic N) is 3. The van der Waals surface area contributed by atoms with E-state index in [4.69, 9.17) is 0 Å². The zero-order chi connectivity index (χ0) is 12.4. The molecule has 4 nitrogen and oxygen atoms in total. The van der Waals surface area contributed by atoms with Gasteiger partial charge in [-0.05, 0) is 19.1 Å². The van der Waals surface area contributed by atoms with Gasteiger partial charge >= 0.3 is 0 Å². The number of hydrogen-bond acceptors (Lipinski definition) is 3. The van der Waals surface area contributed by atoms with Crippen molar-refractivity contribution in [3.8, 4) is 5.69 Å². The van der Waals surface area contributed by atoms with Crippen LogP contribution in [0.15, 0.2) is 30.3 Å². The predicted molar refractivity (Wildman–Crippen MR) is 68.6 cm³/mol. The van der Waals surface area contributed by atoms with Crippen molar-refractivity contribution in [1.82, 2.24) is 9.78 Å². The largest absolute Gasteiger partial charge is 0.391 e. The van der Waals surface area contributed by atoms with Gasteiger partial charge in [0, 0.05) is 19.7 Å². The topological polar surface area (TPSA) is 41.3 Å². The van der Waals surface area contributed by atoms with E-state index in [0.29, 0.717) is 0 Å². The number of hydrogen-bond donors (Lipinski definition) is 1. The van der Waals surface area contributed by atoms with Crippen LogP contribution >= 0.6 is 0 Å². The summed E-state index contributed by atoms with van der Waals surface area (Å²) in [6.07, 6.45) is 0. The van der Waals surface area contributed by atoms with Crippen molar-refractivity contribution in [2.75, 3.05) is 19.0 Å². The average Bonchev–Trinajstić information content (AvgIpc) is 2.67. The highest BCUT2D eigenvalue weighted by atomic mass is 16.3. The summed E-state index contributed by atoms with van der Waals surface area (Å²) in [5.74, 6) is 0.927. The Morgan fingerprint density at radius 2 is 1.88 bits per heavy atom. The molecule has 0 fully saturated rings. The van der Waals surface area contributed by atoms with Crippen molar-refractivity contribution in [2.24, 2.45) is 0 Å². The van der Waals surface area contributed by atoms with Gasteiger partial charge in [-0.25, -0.2) is 4.68 Å². The fraction of sp³-hybridized carbons (Fsp3) is 0.308. The first-order chi connectivity index (χ1) is 8.15. The molecule has 1 heterocycles. The molecule has 0 aliphatic heterocycles. The fourth-order valence-corrected chi connectivity index (χ4v) is 1.94. The lowest BCUT2D eigenvalue weighted by molar-refractivity contribution is 0.281. The van der Waals surface area contributed by atoms with E-state index in [-0.39, 0.29) is 6.61 Å². The maximum atomic E-state index is 9.43. The summed E-state index contributed by atoms with van der Waals surface area (Å²) in [7, 11) is 3.91. The first kappa shape index (κ1) is 11.7. The minimum absolute atomic E-state index is 0.00613. The zero-order valence-electron chi connectivity index (χ0n) is 10.4. The van der Waals surface area contributed by atoms with E-state index in [1.807, 2.05) is 60.9 Å². The minimum atomic E-state index is 0.00613. The van der Waals surface area contributed by atoms with Crippen molar-refractivity contribution < 1.29 is 5.11 Å². The van der Waals surface area contributed by atoms with Gasteiger partial charge in [0.1, 0.15) is 5.82 Å². The van der Waals surface area contributed by atoms with Crippen LogP contribution in [-0.2, 0) is 6.61 Å². The van der Waals surface area contributed by atoms with Gasteiger partial charge < -0.3 is 10.0 Å². The minimum Gasteiger partial charge on any atom is -0.391 e. The second kappa shape index (κ2) is 4.59. The van der Waals surface area contributed by atoms with Crippen LogP contribution in [0.5, 0.6) is 0 Å². The highest BCUT2D eigenvalue weighted by Gasteiger charge is 2.16. The molecular weight excluding hydrogens is 214 g/mol.